The van der Waals surface area contributed by atoms with Crippen LogP contribution in [-0.2, 0) is 6.42 Å². The van der Waals surface area contributed by atoms with Crippen molar-refractivity contribution >= 4 is 22.8 Å². The molecule has 1 nitrogen and oxygen atoms in total. The Morgan fingerprint density at radius 1 is 1.13 bits per heavy atom. The summed E-state index contributed by atoms with van der Waals surface area (Å²) in [4.78, 5) is 5.83. The van der Waals surface area contributed by atoms with Crippen molar-refractivity contribution in [2.24, 2.45) is 10.9 Å². The molecule has 0 saturated carbocycles. The Bertz CT molecular complexity index is 792. The highest BCUT2D eigenvalue weighted by molar-refractivity contribution is 7.80. The van der Waals surface area contributed by atoms with Crippen molar-refractivity contribution in [1.82, 2.24) is 0 Å². The number of nitrogens with zero attached hydrogens (tertiary/aromatic N) is 1. The minimum absolute atomic E-state index is 0.0627. The fraction of sp³-hybridized carbons (Fsp3) is 0.300. The van der Waals surface area contributed by atoms with E-state index in [2.05, 4.69) is 32.0 Å². The minimum atomic E-state index is -0.242. The first-order valence-corrected chi connectivity index (χ1v) is 8.33. The van der Waals surface area contributed by atoms with E-state index in [1.807, 2.05) is 13.0 Å². The lowest BCUT2D eigenvalue weighted by Gasteiger charge is -2.17. The molecule has 1 heterocycles. The fourth-order valence-electron chi connectivity index (χ4n) is 3.03. The molecule has 3 heteroatoms. The molecular formula is C20H20FNS. The lowest BCUT2D eigenvalue weighted by molar-refractivity contribution is 0.597. The van der Waals surface area contributed by atoms with E-state index in [-0.39, 0.29) is 11.9 Å². The molecule has 0 radical (unpaired) electrons. The lowest BCUT2D eigenvalue weighted by atomic mass is 9.93. The van der Waals surface area contributed by atoms with Gasteiger partial charge in [-0.25, -0.2) is 4.39 Å². The normalized spacial score (nSPS) is 17.7. The Hall–Kier alpha value is -1.87. The molecule has 0 fully saturated rings. The van der Waals surface area contributed by atoms with Crippen molar-refractivity contribution in [3.05, 3.63) is 70.5 Å². The Morgan fingerprint density at radius 2 is 1.87 bits per heavy atom. The number of benzene rings is 2. The van der Waals surface area contributed by atoms with Crippen LogP contribution in [0.1, 0.15) is 36.1 Å². The summed E-state index contributed by atoms with van der Waals surface area (Å²) in [5, 5.41) is 0. The molecule has 2 aromatic rings. The fourth-order valence-corrected chi connectivity index (χ4v) is 3.51. The van der Waals surface area contributed by atoms with Gasteiger partial charge in [-0.2, -0.15) is 0 Å². The van der Waals surface area contributed by atoms with E-state index in [1.54, 1.807) is 12.1 Å². The summed E-state index contributed by atoms with van der Waals surface area (Å²) >= 11 is 5.63. The van der Waals surface area contributed by atoms with Gasteiger partial charge in [-0.05, 0) is 36.6 Å². The maximum Gasteiger partial charge on any atom is 0.132 e. The van der Waals surface area contributed by atoms with Gasteiger partial charge in [0.1, 0.15) is 5.82 Å². The predicted molar refractivity (Wildman–Crippen MR) is 98.1 cm³/mol. The maximum atomic E-state index is 14.4. The first-order chi connectivity index (χ1) is 11.0. The average Bonchev–Trinajstić information content (AvgIpc) is 2.64. The van der Waals surface area contributed by atoms with E-state index in [1.165, 1.54) is 6.07 Å². The predicted octanol–water partition coefficient (Wildman–Crippen LogP) is 4.92. The van der Waals surface area contributed by atoms with Crippen LogP contribution in [0.2, 0.25) is 0 Å². The van der Waals surface area contributed by atoms with Gasteiger partial charge in [0.05, 0.1) is 11.8 Å². The van der Waals surface area contributed by atoms with Gasteiger partial charge in [-0.1, -0.05) is 55.9 Å². The Kier molecular flexibility index (Phi) is 4.40. The molecule has 118 valence electrons. The van der Waals surface area contributed by atoms with Gasteiger partial charge in [0.15, 0.2) is 0 Å². The highest BCUT2D eigenvalue weighted by Gasteiger charge is 2.26. The summed E-state index contributed by atoms with van der Waals surface area (Å²) in [6.07, 6.45) is 0.718. The molecule has 0 spiro atoms. The zero-order valence-corrected chi connectivity index (χ0v) is 14.5. The number of hydrogen-bond donors (Lipinski definition) is 0. The van der Waals surface area contributed by atoms with Crippen molar-refractivity contribution in [3.8, 4) is 0 Å². The smallest absolute Gasteiger partial charge is 0.132 e. The molecule has 1 aliphatic heterocycles. The second kappa shape index (κ2) is 6.32. The molecule has 0 aliphatic carbocycles. The van der Waals surface area contributed by atoms with Gasteiger partial charge >= 0.3 is 0 Å². The summed E-state index contributed by atoms with van der Waals surface area (Å²) in [6.45, 7) is 6.27. The third-order valence-electron chi connectivity index (χ3n) is 4.24. The van der Waals surface area contributed by atoms with E-state index >= 15 is 0 Å². The molecule has 0 aromatic heterocycles. The monoisotopic (exact) mass is 325 g/mol. The highest BCUT2D eigenvalue weighted by Crippen LogP contribution is 2.26. The number of fused-ring (bicyclic) bond motifs is 1. The third kappa shape index (κ3) is 3.11. The molecular weight excluding hydrogens is 305 g/mol. The summed E-state index contributed by atoms with van der Waals surface area (Å²) in [6, 6.07) is 13.0. The second-order valence-electron chi connectivity index (χ2n) is 6.45. The molecule has 2 aromatic carbocycles. The van der Waals surface area contributed by atoms with Crippen molar-refractivity contribution in [3.63, 3.8) is 0 Å². The zero-order valence-electron chi connectivity index (χ0n) is 13.6. The molecule has 3 rings (SSSR count). The standard InChI is InChI=1S/C20H20FNS/c1-12(2)19-18(23)11-14-9-8-13(3)10-16(14)20(22-19)15-6-4-5-7-17(15)21/h4-10,12,19H,11H2,1-3H3/t19-/m0/s1. The van der Waals surface area contributed by atoms with Crippen molar-refractivity contribution in [1.29, 1.82) is 0 Å². The molecule has 1 atom stereocenters. The van der Waals surface area contributed by atoms with Crippen LogP contribution in [0.5, 0.6) is 0 Å². The molecule has 0 bridgehead atoms. The van der Waals surface area contributed by atoms with E-state index in [0.717, 1.165) is 33.7 Å². The van der Waals surface area contributed by atoms with E-state index in [9.17, 15) is 4.39 Å². The third-order valence-corrected chi connectivity index (χ3v) is 4.63. The van der Waals surface area contributed by atoms with Crippen LogP contribution in [0.3, 0.4) is 0 Å². The van der Waals surface area contributed by atoms with Gasteiger partial charge in [-0.15, -0.1) is 0 Å². The maximum absolute atomic E-state index is 14.4. The minimum Gasteiger partial charge on any atom is -0.275 e. The van der Waals surface area contributed by atoms with Crippen molar-refractivity contribution in [2.75, 3.05) is 0 Å². The Labute approximate surface area is 142 Å². The number of rotatable bonds is 2. The molecule has 1 aliphatic rings. The topological polar surface area (TPSA) is 12.4 Å². The summed E-state index contributed by atoms with van der Waals surface area (Å²) in [5.41, 5.74) is 4.54. The van der Waals surface area contributed by atoms with Crippen LogP contribution in [0.4, 0.5) is 4.39 Å². The van der Waals surface area contributed by atoms with Crippen LogP contribution >= 0.6 is 12.2 Å². The van der Waals surface area contributed by atoms with Crippen LogP contribution in [0.15, 0.2) is 47.5 Å². The van der Waals surface area contributed by atoms with Gasteiger partial charge in [-0.3, -0.25) is 4.99 Å². The van der Waals surface area contributed by atoms with E-state index in [0.29, 0.717) is 11.5 Å². The van der Waals surface area contributed by atoms with Crippen LogP contribution < -0.4 is 0 Å². The van der Waals surface area contributed by atoms with E-state index < -0.39 is 0 Å². The quantitative estimate of drug-likeness (QED) is 0.714. The van der Waals surface area contributed by atoms with Gasteiger partial charge in [0.2, 0.25) is 0 Å². The Morgan fingerprint density at radius 3 is 2.57 bits per heavy atom. The molecule has 0 N–H and O–H groups in total. The van der Waals surface area contributed by atoms with Crippen LogP contribution in [0.25, 0.3) is 0 Å². The molecule has 0 saturated heterocycles. The summed E-state index contributed by atoms with van der Waals surface area (Å²) in [5.74, 6) is 0.0497. The zero-order chi connectivity index (χ0) is 16.6. The molecule has 23 heavy (non-hydrogen) atoms. The SMILES string of the molecule is Cc1ccc2c(c1)C(c1ccccc1F)=N[C@@H](C(C)C)C(=S)C2. The van der Waals surface area contributed by atoms with E-state index in [4.69, 9.17) is 17.2 Å². The number of thiocarbonyl (C=S) groups is 1. The number of aryl methyl sites for hydroxylation is 1. The number of aliphatic imine (C=N–C) groups is 1. The average molecular weight is 325 g/mol. The molecule has 0 unspecified atom stereocenters. The second-order valence-corrected chi connectivity index (χ2v) is 6.97. The first-order valence-electron chi connectivity index (χ1n) is 7.92. The Balaban J connectivity index is 2.27. The van der Waals surface area contributed by atoms with Gasteiger partial charge < -0.3 is 0 Å². The molecule has 0 amide bonds. The first kappa shape index (κ1) is 16.0. The summed E-state index contributed by atoms with van der Waals surface area (Å²) in [7, 11) is 0. The van der Waals surface area contributed by atoms with Crippen molar-refractivity contribution < 1.29 is 4.39 Å². The lowest BCUT2D eigenvalue weighted by Crippen LogP contribution is -2.24. The van der Waals surface area contributed by atoms with Gasteiger partial charge in [0.25, 0.3) is 0 Å². The summed E-state index contributed by atoms with van der Waals surface area (Å²) < 4.78 is 14.4. The van der Waals surface area contributed by atoms with Crippen molar-refractivity contribution in [2.45, 2.75) is 33.2 Å². The van der Waals surface area contributed by atoms with Crippen LogP contribution in [0, 0.1) is 18.7 Å². The highest BCUT2D eigenvalue weighted by atomic mass is 32.1. The van der Waals surface area contributed by atoms with Gasteiger partial charge in [0, 0.05) is 22.4 Å². The number of halogens is 1. The number of hydrogen-bond acceptors (Lipinski definition) is 2. The largest absolute Gasteiger partial charge is 0.275 e. The van der Waals surface area contributed by atoms with Crippen LogP contribution in [-0.4, -0.2) is 16.6 Å².